The Morgan fingerprint density at radius 2 is 1.68 bits per heavy atom. The molecule has 1 aromatic heterocycles. The number of H-pyrrole nitrogens is 1. The molecule has 1 atom stereocenters. The van der Waals surface area contributed by atoms with Crippen molar-refractivity contribution in [1.82, 2.24) is 15.3 Å². The van der Waals surface area contributed by atoms with Crippen LogP contribution < -0.4 is 5.32 Å². The van der Waals surface area contributed by atoms with Crippen LogP contribution in [0.25, 0.3) is 11.3 Å². The van der Waals surface area contributed by atoms with E-state index >= 15 is 0 Å². The maximum atomic E-state index is 4.86. The molecule has 0 aliphatic carbocycles. The van der Waals surface area contributed by atoms with Crippen molar-refractivity contribution in [1.29, 1.82) is 0 Å². The van der Waals surface area contributed by atoms with Gasteiger partial charge in [-0.2, -0.15) is 0 Å². The maximum absolute atomic E-state index is 4.86. The fourth-order valence-electron chi connectivity index (χ4n) is 3.17. The van der Waals surface area contributed by atoms with Gasteiger partial charge in [-0.3, -0.25) is 0 Å². The third kappa shape index (κ3) is 2.34. The smallest absolute Gasteiger partial charge is 0.124 e. The first-order valence-electron chi connectivity index (χ1n) is 7.73. The van der Waals surface area contributed by atoms with Gasteiger partial charge in [0.25, 0.3) is 0 Å². The van der Waals surface area contributed by atoms with Gasteiger partial charge in [-0.25, -0.2) is 4.98 Å². The lowest BCUT2D eigenvalue weighted by Gasteiger charge is -2.24. The molecule has 0 radical (unpaired) electrons. The molecule has 0 amide bonds. The monoisotopic (exact) mass is 289 g/mol. The summed E-state index contributed by atoms with van der Waals surface area (Å²) in [5.41, 5.74) is 6.16. The summed E-state index contributed by atoms with van der Waals surface area (Å²) in [5, 5.41) is 3.59. The van der Waals surface area contributed by atoms with Crippen molar-refractivity contribution in [3.63, 3.8) is 0 Å². The molecule has 4 rings (SSSR count). The molecule has 2 aromatic carbocycles. The van der Waals surface area contributed by atoms with Gasteiger partial charge in [-0.05, 0) is 24.5 Å². The molecule has 0 unspecified atom stereocenters. The number of rotatable bonds is 2. The summed E-state index contributed by atoms with van der Waals surface area (Å²) >= 11 is 0. The highest BCUT2D eigenvalue weighted by Gasteiger charge is 2.22. The second kappa shape index (κ2) is 5.43. The zero-order chi connectivity index (χ0) is 14.9. The standard InChI is InChI=1S/C19H19N3/c1-13-18(14-7-3-2-4-8-14)22-19(21-13)17-11-15-9-5-6-10-16(15)12-20-17/h2-10,17,20H,11-12H2,1H3,(H,21,22)/t17-/m0/s1. The first-order chi connectivity index (χ1) is 10.8. The second-order valence-corrected chi connectivity index (χ2v) is 5.87. The lowest BCUT2D eigenvalue weighted by atomic mass is 9.95. The first-order valence-corrected chi connectivity index (χ1v) is 7.73. The number of aromatic nitrogens is 2. The summed E-state index contributed by atoms with van der Waals surface area (Å²) in [6.45, 7) is 3.00. The van der Waals surface area contributed by atoms with Crippen LogP contribution in [0.5, 0.6) is 0 Å². The SMILES string of the molecule is Cc1[nH]c([C@@H]2Cc3ccccc3CN2)nc1-c1ccccc1. The van der Waals surface area contributed by atoms with Gasteiger partial charge in [-0.15, -0.1) is 0 Å². The molecular formula is C19H19N3. The molecule has 0 spiro atoms. The minimum Gasteiger partial charge on any atom is -0.344 e. The number of nitrogens with one attached hydrogen (secondary N) is 2. The Kier molecular flexibility index (Phi) is 3.28. The number of aromatic amines is 1. The second-order valence-electron chi connectivity index (χ2n) is 5.87. The van der Waals surface area contributed by atoms with Gasteiger partial charge < -0.3 is 10.3 Å². The molecule has 1 aliphatic heterocycles. The fraction of sp³-hybridized carbons (Fsp3) is 0.211. The number of imidazole rings is 1. The molecule has 0 fully saturated rings. The highest BCUT2D eigenvalue weighted by molar-refractivity contribution is 5.61. The largest absolute Gasteiger partial charge is 0.344 e. The molecular weight excluding hydrogens is 270 g/mol. The normalized spacial score (nSPS) is 17.2. The molecule has 0 saturated heterocycles. The van der Waals surface area contributed by atoms with E-state index in [0.29, 0.717) is 0 Å². The van der Waals surface area contributed by atoms with Crippen LogP contribution >= 0.6 is 0 Å². The Balaban J connectivity index is 1.65. The lowest BCUT2D eigenvalue weighted by molar-refractivity contribution is 0.479. The van der Waals surface area contributed by atoms with Crippen LogP contribution in [0.15, 0.2) is 54.6 Å². The van der Waals surface area contributed by atoms with E-state index in [1.807, 2.05) is 6.07 Å². The van der Waals surface area contributed by atoms with E-state index in [-0.39, 0.29) is 6.04 Å². The average molecular weight is 289 g/mol. The zero-order valence-electron chi connectivity index (χ0n) is 12.6. The number of fused-ring (bicyclic) bond motifs is 1. The zero-order valence-corrected chi connectivity index (χ0v) is 12.6. The Hall–Kier alpha value is -2.39. The predicted octanol–water partition coefficient (Wildman–Crippen LogP) is 3.77. The summed E-state index contributed by atoms with van der Waals surface area (Å²) in [6, 6.07) is 19.2. The van der Waals surface area contributed by atoms with Crippen molar-refractivity contribution in [3.8, 4) is 11.3 Å². The number of benzene rings is 2. The summed E-state index contributed by atoms with van der Waals surface area (Å²) in [4.78, 5) is 8.33. The number of hydrogen-bond donors (Lipinski definition) is 2. The molecule has 2 heterocycles. The molecule has 2 N–H and O–H groups in total. The molecule has 22 heavy (non-hydrogen) atoms. The van der Waals surface area contributed by atoms with Gasteiger partial charge in [0.1, 0.15) is 5.82 Å². The van der Waals surface area contributed by atoms with Crippen LogP contribution in [-0.2, 0) is 13.0 Å². The molecule has 3 aromatic rings. The van der Waals surface area contributed by atoms with Gasteiger partial charge in [0, 0.05) is 17.8 Å². The van der Waals surface area contributed by atoms with Gasteiger partial charge in [0.15, 0.2) is 0 Å². The van der Waals surface area contributed by atoms with E-state index in [1.54, 1.807) is 0 Å². The van der Waals surface area contributed by atoms with Gasteiger partial charge >= 0.3 is 0 Å². The van der Waals surface area contributed by atoms with E-state index in [1.165, 1.54) is 16.7 Å². The molecule has 3 nitrogen and oxygen atoms in total. The molecule has 3 heteroatoms. The van der Waals surface area contributed by atoms with Crippen molar-refractivity contribution < 1.29 is 0 Å². The summed E-state index contributed by atoms with van der Waals surface area (Å²) in [5.74, 6) is 1.03. The maximum Gasteiger partial charge on any atom is 0.124 e. The van der Waals surface area contributed by atoms with E-state index < -0.39 is 0 Å². The van der Waals surface area contributed by atoms with E-state index in [4.69, 9.17) is 4.98 Å². The van der Waals surface area contributed by atoms with Crippen LogP contribution in [0.4, 0.5) is 0 Å². The lowest BCUT2D eigenvalue weighted by Crippen LogP contribution is -2.29. The van der Waals surface area contributed by atoms with Crippen LogP contribution in [0.3, 0.4) is 0 Å². The summed E-state index contributed by atoms with van der Waals surface area (Å²) in [6.07, 6.45) is 0.983. The molecule has 0 bridgehead atoms. The molecule has 1 aliphatic rings. The van der Waals surface area contributed by atoms with Crippen LogP contribution in [0.1, 0.15) is 28.7 Å². The van der Waals surface area contributed by atoms with Crippen LogP contribution in [-0.4, -0.2) is 9.97 Å². The van der Waals surface area contributed by atoms with Gasteiger partial charge in [0.2, 0.25) is 0 Å². The average Bonchev–Trinajstić information content (AvgIpc) is 2.97. The van der Waals surface area contributed by atoms with E-state index in [2.05, 4.69) is 65.8 Å². The topological polar surface area (TPSA) is 40.7 Å². The summed E-state index contributed by atoms with van der Waals surface area (Å²) in [7, 11) is 0. The number of aryl methyl sites for hydroxylation is 1. The highest BCUT2D eigenvalue weighted by Crippen LogP contribution is 2.27. The molecule has 0 saturated carbocycles. The van der Waals surface area contributed by atoms with Crippen molar-refractivity contribution in [2.45, 2.75) is 25.9 Å². The predicted molar refractivity (Wildman–Crippen MR) is 88.5 cm³/mol. The highest BCUT2D eigenvalue weighted by atomic mass is 15.0. The van der Waals surface area contributed by atoms with Gasteiger partial charge in [-0.1, -0.05) is 54.6 Å². The van der Waals surface area contributed by atoms with Crippen LogP contribution in [0, 0.1) is 6.92 Å². The quantitative estimate of drug-likeness (QED) is 0.754. The number of nitrogens with zero attached hydrogens (tertiary/aromatic N) is 1. The minimum absolute atomic E-state index is 0.256. The van der Waals surface area contributed by atoms with Crippen molar-refractivity contribution in [2.75, 3.05) is 0 Å². The number of hydrogen-bond acceptors (Lipinski definition) is 2. The third-order valence-corrected chi connectivity index (χ3v) is 4.36. The van der Waals surface area contributed by atoms with Crippen molar-refractivity contribution in [3.05, 3.63) is 77.2 Å². The summed E-state index contributed by atoms with van der Waals surface area (Å²) < 4.78 is 0. The van der Waals surface area contributed by atoms with Gasteiger partial charge in [0.05, 0.1) is 11.7 Å². The fourth-order valence-corrected chi connectivity index (χ4v) is 3.17. The van der Waals surface area contributed by atoms with E-state index in [9.17, 15) is 0 Å². The Morgan fingerprint density at radius 1 is 0.955 bits per heavy atom. The Morgan fingerprint density at radius 3 is 2.50 bits per heavy atom. The van der Waals surface area contributed by atoms with E-state index in [0.717, 1.165) is 30.2 Å². The molecule has 110 valence electrons. The van der Waals surface area contributed by atoms with Crippen LogP contribution in [0.2, 0.25) is 0 Å². The first kappa shape index (κ1) is 13.3. The Labute approximate surface area is 130 Å². The third-order valence-electron chi connectivity index (χ3n) is 4.36. The van der Waals surface area contributed by atoms with Crippen molar-refractivity contribution in [2.24, 2.45) is 0 Å². The van der Waals surface area contributed by atoms with Crippen molar-refractivity contribution >= 4 is 0 Å². The minimum atomic E-state index is 0.256. The Bertz CT molecular complexity index is 789.